The highest BCUT2D eigenvalue weighted by Gasteiger charge is 2.18. The van der Waals surface area contributed by atoms with Crippen molar-refractivity contribution in [2.75, 3.05) is 19.4 Å². The summed E-state index contributed by atoms with van der Waals surface area (Å²) in [6.07, 6.45) is 0. The molecule has 0 aliphatic carbocycles. The monoisotopic (exact) mass is 318 g/mol. The molecule has 0 heterocycles. The number of amides is 1. The third-order valence-electron chi connectivity index (χ3n) is 3.15. The Balaban J connectivity index is 2.28. The zero-order valence-corrected chi connectivity index (χ0v) is 13.5. The van der Waals surface area contributed by atoms with E-state index in [9.17, 15) is 13.2 Å². The Labute approximate surface area is 130 Å². The highest BCUT2D eigenvalue weighted by molar-refractivity contribution is 7.89. The van der Waals surface area contributed by atoms with Gasteiger partial charge in [0.25, 0.3) is 5.91 Å². The van der Waals surface area contributed by atoms with E-state index in [0.717, 1.165) is 9.87 Å². The molecule has 0 aliphatic rings. The Morgan fingerprint density at radius 1 is 1.05 bits per heavy atom. The highest BCUT2D eigenvalue weighted by atomic mass is 32.2. The first kappa shape index (κ1) is 16.2. The summed E-state index contributed by atoms with van der Waals surface area (Å²) >= 11 is 0. The number of rotatable bonds is 4. The van der Waals surface area contributed by atoms with Gasteiger partial charge >= 0.3 is 0 Å². The summed E-state index contributed by atoms with van der Waals surface area (Å²) in [5.41, 5.74) is 2.00. The zero-order chi connectivity index (χ0) is 16.3. The van der Waals surface area contributed by atoms with Crippen molar-refractivity contribution < 1.29 is 13.2 Å². The van der Waals surface area contributed by atoms with Gasteiger partial charge in [-0.15, -0.1) is 0 Å². The number of aryl methyl sites for hydroxylation is 1. The van der Waals surface area contributed by atoms with E-state index in [-0.39, 0.29) is 10.8 Å². The molecule has 1 amide bonds. The third-order valence-corrected chi connectivity index (χ3v) is 4.96. The molecule has 0 saturated carbocycles. The van der Waals surface area contributed by atoms with Crippen LogP contribution in [0.5, 0.6) is 0 Å². The fraction of sp³-hybridized carbons (Fsp3) is 0.188. The summed E-state index contributed by atoms with van der Waals surface area (Å²) in [6, 6.07) is 13.4. The van der Waals surface area contributed by atoms with Gasteiger partial charge in [0, 0.05) is 25.3 Å². The Kier molecular flexibility index (Phi) is 4.63. The predicted octanol–water partition coefficient (Wildman–Crippen LogP) is 2.50. The first-order valence-electron chi connectivity index (χ1n) is 6.71. The molecule has 0 unspecified atom stereocenters. The number of sulfonamides is 1. The molecule has 0 saturated heterocycles. The molecule has 2 aromatic rings. The van der Waals surface area contributed by atoms with Gasteiger partial charge in [0.05, 0.1) is 4.90 Å². The van der Waals surface area contributed by atoms with Crippen LogP contribution < -0.4 is 5.32 Å². The lowest BCUT2D eigenvalue weighted by molar-refractivity contribution is 0.102. The van der Waals surface area contributed by atoms with E-state index < -0.39 is 10.0 Å². The molecule has 22 heavy (non-hydrogen) atoms. The second kappa shape index (κ2) is 6.29. The fourth-order valence-electron chi connectivity index (χ4n) is 1.93. The van der Waals surface area contributed by atoms with Crippen molar-refractivity contribution in [3.63, 3.8) is 0 Å². The SMILES string of the molecule is Cc1cccc(NC(=O)c2cccc(S(=O)(=O)N(C)C)c2)c1. The van der Waals surface area contributed by atoms with Gasteiger partial charge < -0.3 is 5.32 Å². The molecule has 116 valence electrons. The minimum absolute atomic E-state index is 0.0920. The summed E-state index contributed by atoms with van der Waals surface area (Å²) in [6.45, 7) is 1.93. The van der Waals surface area contributed by atoms with Crippen LogP contribution in [0.1, 0.15) is 15.9 Å². The number of hydrogen-bond acceptors (Lipinski definition) is 3. The Morgan fingerprint density at radius 3 is 2.36 bits per heavy atom. The summed E-state index contributed by atoms with van der Waals surface area (Å²) in [4.78, 5) is 12.3. The molecular weight excluding hydrogens is 300 g/mol. The molecule has 0 aromatic heterocycles. The average molecular weight is 318 g/mol. The number of benzene rings is 2. The van der Waals surface area contributed by atoms with E-state index in [1.807, 2.05) is 25.1 Å². The Morgan fingerprint density at radius 2 is 1.73 bits per heavy atom. The van der Waals surface area contributed by atoms with Crippen molar-refractivity contribution in [1.82, 2.24) is 4.31 Å². The lowest BCUT2D eigenvalue weighted by atomic mass is 10.2. The van der Waals surface area contributed by atoms with Gasteiger partial charge in [-0.3, -0.25) is 4.79 Å². The van der Waals surface area contributed by atoms with Crippen LogP contribution >= 0.6 is 0 Å². The molecule has 0 aliphatic heterocycles. The highest BCUT2D eigenvalue weighted by Crippen LogP contribution is 2.16. The lowest BCUT2D eigenvalue weighted by Crippen LogP contribution is -2.22. The van der Waals surface area contributed by atoms with Crippen LogP contribution in [0.3, 0.4) is 0 Å². The normalized spacial score (nSPS) is 11.5. The summed E-state index contributed by atoms with van der Waals surface area (Å²) in [7, 11) is -0.653. The molecule has 0 atom stereocenters. The van der Waals surface area contributed by atoms with Crippen molar-refractivity contribution in [3.8, 4) is 0 Å². The number of hydrogen-bond donors (Lipinski definition) is 1. The molecule has 2 rings (SSSR count). The summed E-state index contributed by atoms with van der Waals surface area (Å²) in [5.74, 6) is -0.346. The molecule has 0 bridgehead atoms. The first-order chi connectivity index (χ1) is 10.3. The van der Waals surface area contributed by atoms with Crippen LogP contribution in [0.15, 0.2) is 53.4 Å². The molecule has 5 nitrogen and oxygen atoms in total. The van der Waals surface area contributed by atoms with Gasteiger partial charge in [0.1, 0.15) is 0 Å². The fourth-order valence-corrected chi connectivity index (χ4v) is 2.88. The average Bonchev–Trinajstić information content (AvgIpc) is 2.47. The molecule has 1 N–H and O–H groups in total. The van der Waals surface area contributed by atoms with Gasteiger partial charge in [0.15, 0.2) is 0 Å². The number of carbonyl (C=O) groups excluding carboxylic acids is 1. The van der Waals surface area contributed by atoms with Crippen molar-refractivity contribution in [3.05, 3.63) is 59.7 Å². The zero-order valence-electron chi connectivity index (χ0n) is 12.7. The maximum atomic E-state index is 12.3. The number of nitrogens with one attached hydrogen (secondary N) is 1. The van der Waals surface area contributed by atoms with Gasteiger partial charge in [-0.05, 0) is 42.8 Å². The van der Waals surface area contributed by atoms with Crippen molar-refractivity contribution in [2.24, 2.45) is 0 Å². The van der Waals surface area contributed by atoms with Gasteiger partial charge in [0.2, 0.25) is 10.0 Å². The van der Waals surface area contributed by atoms with Crippen LogP contribution in [0.2, 0.25) is 0 Å². The first-order valence-corrected chi connectivity index (χ1v) is 8.15. The van der Waals surface area contributed by atoms with Crippen LogP contribution in [0.25, 0.3) is 0 Å². The largest absolute Gasteiger partial charge is 0.322 e. The van der Waals surface area contributed by atoms with Gasteiger partial charge in [-0.25, -0.2) is 12.7 Å². The van der Waals surface area contributed by atoms with Crippen LogP contribution in [0, 0.1) is 6.92 Å². The van der Waals surface area contributed by atoms with Gasteiger partial charge in [-0.2, -0.15) is 0 Å². The molecular formula is C16H18N2O3S. The number of anilines is 1. The van der Waals surface area contributed by atoms with Gasteiger partial charge in [-0.1, -0.05) is 18.2 Å². The summed E-state index contributed by atoms with van der Waals surface area (Å²) < 4.78 is 25.3. The number of carbonyl (C=O) groups is 1. The van der Waals surface area contributed by atoms with Crippen molar-refractivity contribution >= 4 is 21.6 Å². The lowest BCUT2D eigenvalue weighted by Gasteiger charge is -2.12. The van der Waals surface area contributed by atoms with E-state index in [1.54, 1.807) is 18.2 Å². The summed E-state index contributed by atoms with van der Waals surface area (Å²) in [5, 5.41) is 2.76. The third kappa shape index (κ3) is 3.52. The molecule has 6 heteroatoms. The van der Waals surface area contributed by atoms with Crippen molar-refractivity contribution in [2.45, 2.75) is 11.8 Å². The molecule has 0 fully saturated rings. The van der Waals surface area contributed by atoms with Crippen LogP contribution in [-0.4, -0.2) is 32.7 Å². The standard InChI is InChI=1S/C16H18N2O3S/c1-12-6-4-8-14(10-12)17-16(19)13-7-5-9-15(11-13)22(20,21)18(2)3/h4-11H,1-3H3,(H,17,19). The van der Waals surface area contributed by atoms with E-state index in [1.165, 1.54) is 26.2 Å². The quantitative estimate of drug-likeness (QED) is 0.942. The maximum Gasteiger partial charge on any atom is 0.255 e. The predicted molar refractivity (Wildman–Crippen MR) is 86.4 cm³/mol. The van der Waals surface area contributed by atoms with E-state index >= 15 is 0 Å². The molecule has 0 radical (unpaired) electrons. The molecule has 2 aromatic carbocycles. The Bertz CT molecular complexity index is 799. The van der Waals surface area contributed by atoms with Crippen molar-refractivity contribution in [1.29, 1.82) is 0 Å². The second-order valence-corrected chi connectivity index (χ2v) is 7.29. The topological polar surface area (TPSA) is 66.5 Å². The minimum atomic E-state index is -3.56. The second-order valence-electron chi connectivity index (χ2n) is 5.14. The smallest absolute Gasteiger partial charge is 0.255 e. The number of nitrogens with zero attached hydrogens (tertiary/aromatic N) is 1. The minimum Gasteiger partial charge on any atom is -0.322 e. The van der Waals surface area contributed by atoms with E-state index in [0.29, 0.717) is 11.3 Å². The molecule has 0 spiro atoms. The van der Waals surface area contributed by atoms with E-state index in [2.05, 4.69) is 5.32 Å². The van der Waals surface area contributed by atoms with Crippen LogP contribution in [0.4, 0.5) is 5.69 Å². The Hall–Kier alpha value is -2.18. The van der Waals surface area contributed by atoms with Crippen LogP contribution in [-0.2, 0) is 10.0 Å². The van der Waals surface area contributed by atoms with E-state index in [4.69, 9.17) is 0 Å². The maximum absolute atomic E-state index is 12.3.